The summed E-state index contributed by atoms with van der Waals surface area (Å²) >= 11 is 0. The predicted octanol–water partition coefficient (Wildman–Crippen LogP) is 5.04. The van der Waals surface area contributed by atoms with E-state index in [1.807, 2.05) is 6.92 Å². The Morgan fingerprint density at radius 1 is 0.960 bits per heavy atom. The molecule has 0 amide bonds. The van der Waals surface area contributed by atoms with Crippen LogP contribution < -0.4 is 0 Å². The predicted molar refractivity (Wildman–Crippen MR) is 101 cm³/mol. The first-order valence-corrected chi connectivity index (χ1v) is 9.80. The van der Waals surface area contributed by atoms with Crippen molar-refractivity contribution < 1.29 is 19.1 Å². The molecule has 0 fully saturated rings. The molecule has 1 unspecified atom stereocenters. The molecule has 0 bridgehead atoms. The van der Waals surface area contributed by atoms with Crippen LogP contribution >= 0.6 is 0 Å². The van der Waals surface area contributed by atoms with Crippen molar-refractivity contribution in [2.24, 2.45) is 5.92 Å². The van der Waals surface area contributed by atoms with Crippen molar-refractivity contribution in [3.05, 3.63) is 0 Å². The number of unbranched alkanes of at least 4 members (excludes halogenated alkanes) is 2. The molecule has 0 radical (unpaired) electrons. The molecule has 0 aliphatic carbocycles. The highest BCUT2D eigenvalue weighted by Crippen LogP contribution is 2.09. The van der Waals surface area contributed by atoms with Crippen LogP contribution in [0.15, 0.2) is 0 Å². The minimum atomic E-state index is -0.200. The van der Waals surface area contributed by atoms with Gasteiger partial charge in [0.1, 0.15) is 6.10 Å². The van der Waals surface area contributed by atoms with E-state index >= 15 is 0 Å². The molecule has 4 heteroatoms. The largest absolute Gasteiger partial charge is 0.466 e. The Balaban J connectivity index is 3.74. The molecule has 0 rings (SSSR count). The summed E-state index contributed by atoms with van der Waals surface area (Å²) in [7, 11) is 0. The van der Waals surface area contributed by atoms with Crippen molar-refractivity contribution in [1.82, 2.24) is 0 Å². The van der Waals surface area contributed by atoms with Crippen LogP contribution in [0.1, 0.15) is 91.9 Å². The molecule has 25 heavy (non-hydrogen) atoms. The Hall–Kier alpha value is -1.50. The van der Waals surface area contributed by atoms with Gasteiger partial charge in [-0.2, -0.15) is 0 Å². The summed E-state index contributed by atoms with van der Waals surface area (Å²) in [5, 5.41) is 0. The van der Waals surface area contributed by atoms with Gasteiger partial charge in [-0.25, -0.2) is 0 Å². The van der Waals surface area contributed by atoms with Gasteiger partial charge >= 0.3 is 11.9 Å². The fourth-order valence-corrected chi connectivity index (χ4v) is 2.20. The summed E-state index contributed by atoms with van der Waals surface area (Å²) in [6.45, 7) is 8.89. The van der Waals surface area contributed by atoms with E-state index in [0.29, 0.717) is 44.6 Å². The lowest BCUT2D eigenvalue weighted by Gasteiger charge is -2.13. The summed E-state index contributed by atoms with van der Waals surface area (Å²) in [5.41, 5.74) is 0. The highest BCUT2D eigenvalue weighted by molar-refractivity contribution is 5.70. The van der Waals surface area contributed by atoms with Gasteiger partial charge in [0, 0.05) is 25.7 Å². The molecule has 0 aromatic carbocycles. The molecule has 1 atom stereocenters. The van der Waals surface area contributed by atoms with Gasteiger partial charge in [0.2, 0.25) is 0 Å². The molecule has 0 saturated carbocycles. The van der Waals surface area contributed by atoms with E-state index in [0.717, 1.165) is 32.1 Å². The van der Waals surface area contributed by atoms with Crippen molar-refractivity contribution in [3.63, 3.8) is 0 Å². The van der Waals surface area contributed by atoms with Gasteiger partial charge in [-0.15, -0.1) is 5.92 Å². The van der Waals surface area contributed by atoms with Crippen LogP contribution in [0.25, 0.3) is 0 Å². The molecule has 0 spiro atoms. The second-order valence-corrected chi connectivity index (χ2v) is 6.79. The van der Waals surface area contributed by atoms with Crippen molar-refractivity contribution in [3.8, 4) is 11.8 Å². The first-order chi connectivity index (χ1) is 12.0. The van der Waals surface area contributed by atoms with E-state index in [9.17, 15) is 9.59 Å². The van der Waals surface area contributed by atoms with E-state index in [-0.39, 0.29) is 18.0 Å². The van der Waals surface area contributed by atoms with Crippen LogP contribution in [0.5, 0.6) is 0 Å². The fourth-order valence-electron chi connectivity index (χ4n) is 2.20. The van der Waals surface area contributed by atoms with Crippen LogP contribution in [0.4, 0.5) is 0 Å². The van der Waals surface area contributed by atoms with Gasteiger partial charge in [-0.3, -0.25) is 9.59 Å². The van der Waals surface area contributed by atoms with Crippen LogP contribution in [0, 0.1) is 17.8 Å². The second-order valence-electron chi connectivity index (χ2n) is 6.79. The van der Waals surface area contributed by atoms with Gasteiger partial charge in [-0.05, 0) is 44.4 Å². The highest BCUT2D eigenvalue weighted by atomic mass is 16.5. The highest BCUT2D eigenvalue weighted by Gasteiger charge is 2.12. The number of hydrogen-bond acceptors (Lipinski definition) is 4. The van der Waals surface area contributed by atoms with E-state index in [4.69, 9.17) is 9.47 Å². The molecular formula is C21H36O4. The quantitative estimate of drug-likeness (QED) is 0.265. The molecule has 0 aliphatic heterocycles. The van der Waals surface area contributed by atoms with Crippen molar-refractivity contribution in [2.45, 2.75) is 98.0 Å². The SMILES string of the molecule is CCCC#CCC(CC)OC(=O)CCCCC(=O)OCCCC(C)C. The smallest absolute Gasteiger partial charge is 0.306 e. The third-order valence-corrected chi connectivity index (χ3v) is 3.78. The zero-order valence-corrected chi connectivity index (χ0v) is 16.6. The Kier molecular flexibility index (Phi) is 15.0. The number of esters is 2. The monoisotopic (exact) mass is 352 g/mol. The van der Waals surface area contributed by atoms with Crippen molar-refractivity contribution >= 4 is 11.9 Å². The number of rotatable bonds is 13. The van der Waals surface area contributed by atoms with Crippen molar-refractivity contribution in [1.29, 1.82) is 0 Å². The first kappa shape index (κ1) is 23.5. The van der Waals surface area contributed by atoms with E-state index < -0.39 is 0 Å². The number of carbonyl (C=O) groups excluding carboxylic acids is 2. The Bertz CT molecular complexity index is 417. The minimum Gasteiger partial charge on any atom is -0.466 e. The Labute approximate surface area is 154 Å². The molecule has 0 aromatic heterocycles. The maximum atomic E-state index is 11.8. The Morgan fingerprint density at radius 3 is 2.24 bits per heavy atom. The van der Waals surface area contributed by atoms with Gasteiger partial charge in [-0.1, -0.05) is 33.6 Å². The molecule has 0 aromatic rings. The van der Waals surface area contributed by atoms with Gasteiger partial charge < -0.3 is 9.47 Å². The Morgan fingerprint density at radius 2 is 1.64 bits per heavy atom. The fraction of sp³-hybridized carbons (Fsp3) is 0.810. The lowest BCUT2D eigenvalue weighted by molar-refractivity contribution is -0.149. The van der Waals surface area contributed by atoms with Crippen LogP contribution in [-0.2, 0) is 19.1 Å². The summed E-state index contributed by atoms with van der Waals surface area (Å²) in [6.07, 6.45) is 7.19. The average molecular weight is 353 g/mol. The second kappa shape index (κ2) is 16.0. The van der Waals surface area contributed by atoms with E-state index in [1.165, 1.54) is 0 Å². The number of ether oxygens (including phenoxy) is 2. The summed E-state index contributed by atoms with van der Waals surface area (Å²) in [5.74, 6) is 6.40. The molecule has 0 aliphatic rings. The zero-order chi connectivity index (χ0) is 18.9. The van der Waals surface area contributed by atoms with Gasteiger partial charge in [0.15, 0.2) is 0 Å². The average Bonchev–Trinajstić information content (AvgIpc) is 2.58. The summed E-state index contributed by atoms with van der Waals surface area (Å²) < 4.78 is 10.6. The lowest BCUT2D eigenvalue weighted by Crippen LogP contribution is -2.16. The summed E-state index contributed by atoms with van der Waals surface area (Å²) in [4.78, 5) is 23.4. The lowest BCUT2D eigenvalue weighted by atomic mass is 10.1. The molecule has 0 saturated heterocycles. The molecule has 4 nitrogen and oxygen atoms in total. The number of hydrogen-bond donors (Lipinski definition) is 0. The van der Waals surface area contributed by atoms with Gasteiger partial charge in [0.25, 0.3) is 0 Å². The maximum Gasteiger partial charge on any atom is 0.306 e. The van der Waals surface area contributed by atoms with Crippen LogP contribution in [0.3, 0.4) is 0 Å². The topological polar surface area (TPSA) is 52.6 Å². The standard InChI is InChI=1S/C21H36O4/c1-5-7-8-9-14-19(6-2)25-21(23)16-11-10-15-20(22)24-17-12-13-18(3)4/h18-19H,5-7,10-17H2,1-4H3. The third kappa shape index (κ3) is 15.8. The molecule has 144 valence electrons. The van der Waals surface area contributed by atoms with Gasteiger partial charge in [0.05, 0.1) is 6.61 Å². The normalized spacial score (nSPS) is 11.6. The molecular weight excluding hydrogens is 316 g/mol. The zero-order valence-electron chi connectivity index (χ0n) is 16.6. The number of carbonyl (C=O) groups is 2. The van der Waals surface area contributed by atoms with E-state index in [2.05, 4.69) is 32.6 Å². The summed E-state index contributed by atoms with van der Waals surface area (Å²) in [6, 6.07) is 0. The van der Waals surface area contributed by atoms with Crippen LogP contribution in [-0.4, -0.2) is 24.6 Å². The van der Waals surface area contributed by atoms with Crippen molar-refractivity contribution in [2.75, 3.05) is 6.61 Å². The molecule has 0 N–H and O–H groups in total. The third-order valence-electron chi connectivity index (χ3n) is 3.78. The maximum absolute atomic E-state index is 11.8. The van der Waals surface area contributed by atoms with Crippen LogP contribution in [0.2, 0.25) is 0 Å². The minimum absolute atomic E-state index is 0.122. The van der Waals surface area contributed by atoms with E-state index in [1.54, 1.807) is 0 Å². The molecule has 0 heterocycles. The first-order valence-electron chi connectivity index (χ1n) is 9.80.